The van der Waals surface area contributed by atoms with Gasteiger partial charge in [0, 0.05) is 17.2 Å². The summed E-state index contributed by atoms with van der Waals surface area (Å²) in [6, 6.07) is 14.5. The van der Waals surface area contributed by atoms with E-state index < -0.39 is 53.2 Å². The van der Waals surface area contributed by atoms with Crippen LogP contribution in [-0.2, 0) is 20.8 Å². The van der Waals surface area contributed by atoms with Gasteiger partial charge >= 0.3 is 0 Å². The van der Waals surface area contributed by atoms with E-state index in [4.69, 9.17) is 0 Å². The van der Waals surface area contributed by atoms with Gasteiger partial charge in [-0.15, -0.1) is 0 Å². The van der Waals surface area contributed by atoms with Crippen molar-refractivity contribution < 1.29 is 27.6 Å². The van der Waals surface area contributed by atoms with Crippen LogP contribution in [0.2, 0.25) is 0 Å². The smallest absolute Gasteiger partial charge is 0.261 e. The highest BCUT2D eigenvalue weighted by molar-refractivity contribution is 6.06. The standard InChI is InChI=1S/C26H22F3N3O3/c1-14-18-7-3-4-8-19(18)20-9-5-6-10-22(20)32(26(14)35)31-25(34)15(2)30-23(33)12-16-11-17(27)13-21(28)24(16)29/h3-11,13-15H,12H2,1-2H3,(H,30,33)(H,31,34)/t14?,15-/m0/s1. The molecule has 0 aromatic heterocycles. The number of benzene rings is 3. The van der Waals surface area contributed by atoms with Crippen LogP contribution in [0.4, 0.5) is 18.9 Å². The van der Waals surface area contributed by atoms with Crippen LogP contribution >= 0.6 is 0 Å². The van der Waals surface area contributed by atoms with Crippen molar-refractivity contribution >= 4 is 23.4 Å². The third-order valence-electron chi connectivity index (χ3n) is 5.87. The predicted octanol–water partition coefficient (Wildman–Crippen LogP) is 4.00. The number of hydrazine groups is 1. The van der Waals surface area contributed by atoms with Crippen LogP contribution in [0, 0.1) is 17.5 Å². The van der Waals surface area contributed by atoms with E-state index in [1.807, 2.05) is 36.4 Å². The van der Waals surface area contributed by atoms with Gasteiger partial charge in [-0.3, -0.25) is 19.8 Å². The molecule has 1 aliphatic rings. The number of carbonyl (C=O) groups excluding carboxylic acids is 3. The maximum atomic E-state index is 13.9. The summed E-state index contributed by atoms with van der Waals surface area (Å²) >= 11 is 0. The van der Waals surface area contributed by atoms with Crippen molar-refractivity contribution in [1.29, 1.82) is 0 Å². The molecule has 3 amide bonds. The highest BCUT2D eigenvalue weighted by Gasteiger charge is 2.33. The Labute approximate surface area is 199 Å². The first-order valence-electron chi connectivity index (χ1n) is 10.9. The van der Waals surface area contributed by atoms with E-state index in [9.17, 15) is 27.6 Å². The molecular weight excluding hydrogens is 459 g/mol. The fraction of sp³-hybridized carbons (Fsp3) is 0.192. The summed E-state index contributed by atoms with van der Waals surface area (Å²) in [5.74, 6) is -6.22. The molecule has 4 rings (SSSR count). The quantitative estimate of drug-likeness (QED) is 0.541. The maximum Gasteiger partial charge on any atom is 0.261 e. The molecule has 3 aromatic carbocycles. The molecule has 0 aliphatic carbocycles. The Bertz CT molecular complexity index is 1330. The molecule has 2 atom stereocenters. The number of amides is 3. The Morgan fingerprint density at radius 3 is 2.40 bits per heavy atom. The summed E-state index contributed by atoms with van der Waals surface area (Å²) < 4.78 is 40.7. The van der Waals surface area contributed by atoms with Gasteiger partial charge in [0.2, 0.25) is 5.91 Å². The van der Waals surface area contributed by atoms with Gasteiger partial charge in [0.25, 0.3) is 11.8 Å². The van der Waals surface area contributed by atoms with Crippen LogP contribution in [0.25, 0.3) is 11.1 Å². The molecule has 0 saturated carbocycles. The number of anilines is 1. The number of hydrogen-bond donors (Lipinski definition) is 2. The summed E-state index contributed by atoms with van der Waals surface area (Å²) in [6.07, 6.45) is -0.671. The molecule has 0 saturated heterocycles. The Hall–Kier alpha value is -4.14. The zero-order chi connectivity index (χ0) is 25.3. The highest BCUT2D eigenvalue weighted by Crippen LogP contribution is 2.39. The van der Waals surface area contributed by atoms with Crippen molar-refractivity contribution in [3.05, 3.63) is 89.2 Å². The maximum absolute atomic E-state index is 13.9. The van der Waals surface area contributed by atoms with Gasteiger partial charge in [0.05, 0.1) is 18.0 Å². The van der Waals surface area contributed by atoms with Crippen LogP contribution in [0.5, 0.6) is 0 Å². The predicted molar refractivity (Wildman–Crippen MR) is 124 cm³/mol. The second-order valence-electron chi connectivity index (χ2n) is 8.30. The number of hydrogen-bond acceptors (Lipinski definition) is 3. The molecule has 0 bridgehead atoms. The molecule has 1 heterocycles. The minimum absolute atomic E-state index is 0.369. The van der Waals surface area contributed by atoms with Gasteiger partial charge in [-0.05, 0) is 37.1 Å². The zero-order valence-electron chi connectivity index (χ0n) is 18.9. The lowest BCUT2D eigenvalue weighted by Crippen LogP contribution is -2.54. The molecule has 180 valence electrons. The van der Waals surface area contributed by atoms with Crippen LogP contribution in [0.15, 0.2) is 60.7 Å². The van der Waals surface area contributed by atoms with Gasteiger partial charge in [0.1, 0.15) is 11.9 Å². The van der Waals surface area contributed by atoms with Gasteiger partial charge in [-0.2, -0.15) is 0 Å². The summed E-state index contributed by atoms with van der Waals surface area (Å²) in [6.45, 7) is 3.12. The number of para-hydroxylation sites is 1. The Morgan fingerprint density at radius 1 is 1.00 bits per heavy atom. The minimum atomic E-state index is -1.41. The van der Waals surface area contributed by atoms with Crippen molar-refractivity contribution in [3.63, 3.8) is 0 Å². The van der Waals surface area contributed by atoms with Crippen LogP contribution < -0.4 is 15.8 Å². The fourth-order valence-corrected chi connectivity index (χ4v) is 4.05. The van der Waals surface area contributed by atoms with E-state index in [0.717, 1.165) is 21.7 Å². The summed E-state index contributed by atoms with van der Waals surface area (Å²) in [4.78, 5) is 38.5. The van der Waals surface area contributed by atoms with E-state index in [1.165, 1.54) is 6.92 Å². The zero-order valence-corrected chi connectivity index (χ0v) is 18.9. The number of halogens is 3. The first-order valence-corrected chi connectivity index (χ1v) is 10.9. The number of nitrogens with zero attached hydrogens (tertiary/aromatic N) is 1. The van der Waals surface area contributed by atoms with Crippen LogP contribution in [-0.4, -0.2) is 23.8 Å². The molecule has 2 N–H and O–H groups in total. The summed E-state index contributed by atoms with van der Waals surface area (Å²) in [5.41, 5.74) is 4.99. The molecular formula is C26H22F3N3O3. The molecule has 0 radical (unpaired) electrons. The van der Waals surface area contributed by atoms with Crippen molar-refractivity contribution in [3.8, 4) is 11.1 Å². The number of rotatable bonds is 5. The SMILES string of the molecule is CC1C(=O)N(NC(=O)[C@H](C)NC(=O)Cc2cc(F)cc(F)c2F)c2ccccc2-c2ccccc21. The average molecular weight is 481 g/mol. The Morgan fingerprint density at radius 2 is 1.66 bits per heavy atom. The molecule has 0 fully saturated rings. The lowest BCUT2D eigenvalue weighted by molar-refractivity contribution is -0.130. The lowest BCUT2D eigenvalue weighted by Gasteiger charge is -2.27. The fourth-order valence-electron chi connectivity index (χ4n) is 4.05. The van der Waals surface area contributed by atoms with Crippen molar-refractivity contribution in [2.45, 2.75) is 32.2 Å². The Kier molecular flexibility index (Phi) is 6.59. The highest BCUT2D eigenvalue weighted by atomic mass is 19.2. The Balaban J connectivity index is 1.52. The van der Waals surface area contributed by atoms with Gasteiger partial charge in [-0.25, -0.2) is 18.2 Å². The number of nitrogens with one attached hydrogen (secondary N) is 2. The van der Waals surface area contributed by atoms with E-state index in [2.05, 4.69) is 10.7 Å². The van der Waals surface area contributed by atoms with E-state index >= 15 is 0 Å². The lowest BCUT2D eigenvalue weighted by atomic mass is 9.92. The molecule has 1 aliphatic heterocycles. The molecule has 6 nitrogen and oxygen atoms in total. The first kappa shape index (κ1) is 24.0. The average Bonchev–Trinajstić information content (AvgIpc) is 2.92. The molecule has 1 unspecified atom stereocenters. The van der Waals surface area contributed by atoms with Crippen LogP contribution in [0.3, 0.4) is 0 Å². The minimum Gasteiger partial charge on any atom is -0.344 e. The monoisotopic (exact) mass is 481 g/mol. The van der Waals surface area contributed by atoms with E-state index in [1.54, 1.807) is 19.1 Å². The number of fused-ring (bicyclic) bond motifs is 3. The second-order valence-corrected chi connectivity index (χ2v) is 8.30. The number of carbonyl (C=O) groups is 3. The van der Waals surface area contributed by atoms with E-state index in [-0.39, 0.29) is 5.91 Å². The topological polar surface area (TPSA) is 78.5 Å². The summed E-state index contributed by atoms with van der Waals surface area (Å²) in [5, 5.41) is 3.53. The van der Waals surface area contributed by atoms with Gasteiger partial charge < -0.3 is 5.32 Å². The van der Waals surface area contributed by atoms with Gasteiger partial charge in [0.15, 0.2) is 11.6 Å². The molecule has 3 aromatic rings. The second kappa shape index (κ2) is 9.61. The molecule has 0 spiro atoms. The molecule has 9 heteroatoms. The van der Waals surface area contributed by atoms with Crippen LogP contribution in [0.1, 0.15) is 30.9 Å². The molecule has 35 heavy (non-hydrogen) atoms. The third kappa shape index (κ3) is 4.75. The van der Waals surface area contributed by atoms with Crippen molar-refractivity contribution in [1.82, 2.24) is 10.7 Å². The largest absolute Gasteiger partial charge is 0.344 e. The third-order valence-corrected chi connectivity index (χ3v) is 5.87. The first-order chi connectivity index (χ1) is 16.7. The van der Waals surface area contributed by atoms with Gasteiger partial charge in [-0.1, -0.05) is 42.5 Å². The summed E-state index contributed by atoms with van der Waals surface area (Å²) in [7, 11) is 0. The van der Waals surface area contributed by atoms with E-state index in [0.29, 0.717) is 17.8 Å². The normalized spacial score (nSPS) is 15.5. The van der Waals surface area contributed by atoms with Crippen molar-refractivity contribution in [2.24, 2.45) is 0 Å². The van der Waals surface area contributed by atoms with Crippen molar-refractivity contribution in [2.75, 3.05) is 5.01 Å².